The van der Waals surface area contributed by atoms with Gasteiger partial charge >= 0.3 is 0 Å². The number of methoxy groups -OCH3 is 1. The lowest BCUT2D eigenvalue weighted by Gasteiger charge is -2.35. The van der Waals surface area contributed by atoms with Crippen molar-refractivity contribution >= 4 is 11.8 Å². The lowest BCUT2D eigenvalue weighted by atomic mass is 10.0. The van der Waals surface area contributed by atoms with Gasteiger partial charge in [0.15, 0.2) is 0 Å². The predicted octanol–water partition coefficient (Wildman–Crippen LogP) is 3.12. The largest absolute Gasteiger partial charge is 0.496 e. The highest BCUT2D eigenvalue weighted by Gasteiger charge is 2.36. The molecule has 5 nitrogen and oxygen atoms in total. The van der Waals surface area contributed by atoms with Crippen LogP contribution in [0.15, 0.2) is 24.3 Å². The molecule has 3 rings (SSSR count). The molecule has 2 aliphatic rings. The van der Waals surface area contributed by atoms with E-state index in [-0.39, 0.29) is 17.9 Å². The SMILES string of the molecule is COc1ccccc1CCC(=O)N1CCC(=O)N(CC2CC2)[C@@H](C(C)C)C1. The number of rotatable bonds is 7. The molecule has 1 heterocycles. The van der Waals surface area contributed by atoms with Gasteiger partial charge in [-0.3, -0.25) is 9.59 Å². The van der Waals surface area contributed by atoms with E-state index in [0.29, 0.717) is 44.2 Å². The summed E-state index contributed by atoms with van der Waals surface area (Å²) < 4.78 is 5.39. The summed E-state index contributed by atoms with van der Waals surface area (Å²) in [5, 5.41) is 0. The molecule has 0 spiro atoms. The lowest BCUT2D eigenvalue weighted by Crippen LogP contribution is -2.48. The van der Waals surface area contributed by atoms with Gasteiger partial charge in [-0.2, -0.15) is 0 Å². The van der Waals surface area contributed by atoms with E-state index in [1.165, 1.54) is 12.8 Å². The highest BCUT2D eigenvalue weighted by Crippen LogP contribution is 2.32. The predicted molar refractivity (Wildman–Crippen MR) is 106 cm³/mol. The molecule has 0 N–H and O–H groups in total. The highest BCUT2D eigenvalue weighted by atomic mass is 16.5. The first kappa shape index (κ1) is 19.7. The van der Waals surface area contributed by atoms with Crippen molar-refractivity contribution in [3.63, 3.8) is 0 Å². The van der Waals surface area contributed by atoms with Crippen LogP contribution in [0.4, 0.5) is 0 Å². The van der Waals surface area contributed by atoms with Crippen molar-refractivity contribution in [3.8, 4) is 5.75 Å². The maximum atomic E-state index is 12.9. The number of amides is 2. The fourth-order valence-electron chi connectivity index (χ4n) is 3.90. The molecule has 2 amide bonds. The molecule has 1 aliphatic carbocycles. The van der Waals surface area contributed by atoms with Gasteiger partial charge in [0.25, 0.3) is 0 Å². The Kier molecular flexibility index (Phi) is 6.40. The first-order valence-electron chi connectivity index (χ1n) is 10.2. The Labute approximate surface area is 162 Å². The van der Waals surface area contributed by atoms with Gasteiger partial charge in [-0.05, 0) is 42.7 Å². The number of ether oxygens (including phenoxy) is 1. The molecule has 148 valence electrons. The second-order valence-corrected chi connectivity index (χ2v) is 8.20. The van der Waals surface area contributed by atoms with Crippen LogP contribution in [0, 0.1) is 11.8 Å². The summed E-state index contributed by atoms with van der Waals surface area (Å²) in [6, 6.07) is 7.96. The Morgan fingerprint density at radius 1 is 1.26 bits per heavy atom. The smallest absolute Gasteiger partial charge is 0.224 e. The molecular formula is C22H32N2O3. The first-order chi connectivity index (χ1) is 13.0. The summed E-state index contributed by atoms with van der Waals surface area (Å²) in [6.45, 7) is 6.36. The standard InChI is InChI=1S/C22H32N2O3/c1-16(2)19-15-23(13-12-22(26)24(19)14-17-8-9-17)21(25)11-10-18-6-4-5-7-20(18)27-3/h4-7,16-17,19H,8-15H2,1-3H3/t19-/m1/s1. The molecule has 0 radical (unpaired) electrons. The minimum absolute atomic E-state index is 0.121. The zero-order valence-electron chi connectivity index (χ0n) is 16.8. The van der Waals surface area contributed by atoms with Crippen molar-refractivity contribution in [2.45, 2.75) is 52.0 Å². The van der Waals surface area contributed by atoms with E-state index in [1.54, 1.807) is 7.11 Å². The Bertz CT molecular complexity index is 669. The van der Waals surface area contributed by atoms with Crippen molar-refractivity contribution < 1.29 is 14.3 Å². The molecular weight excluding hydrogens is 340 g/mol. The second kappa shape index (κ2) is 8.77. The maximum Gasteiger partial charge on any atom is 0.224 e. The maximum absolute atomic E-state index is 12.9. The van der Waals surface area contributed by atoms with Crippen LogP contribution in [0.2, 0.25) is 0 Å². The molecule has 1 aliphatic heterocycles. The number of nitrogens with zero attached hydrogens (tertiary/aromatic N) is 2. The number of para-hydroxylation sites is 1. The van der Waals surface area contributed by atoms with E-state index in [2.05, 4.69) is 18.7 Å². The van der Waals surface area contributed by atoms with E-state index >= 15 is 0 Å². The van der Waals surface area contributed by atoms with Crippen LogP contribution in [0.1, 0.15) is 45.1 Å². The number of carbonyl (C=O) groups is 2. The van der Waals surface area contributed by atoms with Crippen LogP contribution in [0.5, 0.6) is 5.75 Å². The first-order valence-corrected chi connectivity index (χ1v) is 10.2. The van der Waals surface area contributed by atoms with Crippen molar-refractivity contribution in [1.29, 1.82) is 0 Å². The van der Waals surface area contributed by atoms with Crippen LogP contribution in [-0.4, -0.2) is 54.4 Å². The molecule has 0 aromatic heterocycles. The minimum Gasteiger partial charge on any atom is -0.496 e. The van der Waals surface area contributed by atoms with E-state index in [9.17, 15) is 9.59 Å². The molecule has 1 aromatic rings. The minimum atomic E-state index is 0.121. The number of benzene rings is 1. The summed E-state index contributed by atoms with van der Waals surface area (Å²) in [5.74, 6) is 2.18. The molecule has 1 atom stereocenters. The Morgan fingerprint density at radius 3 is 2.67 bits per heavy atom. The second-order valence-electron chi connectivity index (χ2n) is 8.20. The molecule has 1 saturated heterocycles. The lowest BCUT2D eigenvalue weighted by molar-refractivity contribution is -0.134. The van der Waals surface area contributed by atoms with Crippen LogP contribution >= 0.6 is 0 Å². The van der Waals surface area contributed by atoms with Crippen LogP contribution in [-0.2, 0) is 16.0 Å². The number of aryl methyl sites for hydroxylation is 1. The quantitative estimate of drug-likeness (QED) is 0.739. The van der Waals surface area contributed by atoms with E-state index in [1.807, 2.05) is 29.2 Å². The van der Waals surface area contributed by atoms with Crippen LogP contribution < -0.4 is 4.74 Å². The molecule has 27 heavy (non-hydrogen) atoms. The summed E-state index contributed by atoms with van der Waals surface area (Å²) in [7, 11) is 1.66. The van der Waals surface area contributed by atoms with Gasteiger partial charge in [0.2, 0.25) is 11.8 Å². The van der Waals surface area contributed by atoms with Gasteiger partial charge in [-0.25, -0.2) is 0 Å². The van der Waals surface area contributed by atoms with Gasteiger partial charge < -0.3 is 14.5 Å². The Balaban J connectivity index is 1.64. The van der Waals surface area contributed by atoms with Gasteiger partial charge in [0, 0.05) is 32.5 Å². The van der Waals surface area contributed by atoms with Crippen molar-refractivity contribution in [2.24, 2.45) is 11.8 Å². The molecule has 0 bridgehead atoms. The molecule has 2 fully saturated rings. The van der Waals surface area contributed by atoms with Crippen molar-refractivity contribution in [3.05, 3.63) is 29.8 Å². The topological polar surface area (TPSA) is 49.9 Å². The molecule has 1 aromatic carbocycles. The third kappa shape index (κ3) is 5.02. The van der Waals surface area contributed by atoms with Gasteiger partial charge in [-0.1, -0.05) is 32.0 Å². The highest BCUT2D eigenvalue weighted by molar-refractivity contribution is 5.81. The van der Waals surface area contributed by atoms with Crippen LogP contribution in [0.3, 0.4) is 0 Å². The molecule has 0 unspecified atom stereocenters. The van der Waals surface area contributed by atoms with Gasteiger partial charge in [-0.15, -0.1) is 0 Å². The van der Waals surface area contributed by atoms with Gasteiger partial charge in [0.1, 0.15) is 5.75 Å². The van der Waals surface area contributed by atoms with E-state index < -0.39 is 0 Å². The van der Waals surface area contributed by atoms with Crippen molar-refractivity contribution in [1.82, 2.24) is 9.80 Å². The number of hydrogen-bond donors (Lipinski definition) is 0. The summed E-state index contributed by atoms with van der Waals surface area (Å²) >= 11 is 0. The Morgan fingerprint density at radius 2 is 2.00 bits per heavy atom. The zero-order valence-corrected chi connectivity index (χ0v) is 16.8. The monoisotopic (exact) mass is 372 g/mol. The third-order valence-electron chi connectivity index (χ3n) is 5.80. The fourth-order valence-corrected chi connectivity index (χ4v) is 3.90. The average Bonchev–Trinajstić information content (AvgIpc) is 3.49. The average molecular weight is 373 g/mol. The van der Waals surface area contributed by atoms with Gasteiger partial charge in [0.05, 0.1) is 13.2 Å². The fraction of sp³-hybridized carbons (Fsp3) is 0.636. The van der Waals surface area contributed by atoms with Crippen molar-refractivity contribution in [2.75, 3.05) is 26.7 Å². The van der Waals surface area contributed by atoms with Crippen LogP contribution in [0.25, 0.3) is 0 Å². The third-order valence-corrected chi connectivity index (χ3v) is 5.80. The normalized spacial score (nSPS) is 20.7. The molecule has 5 heteroatoms. The van der Waals surface area contributed by atoms with E-state index in [4.69, 9.17) is 4.74 Å². The summed E-state index contributed by atoms with van der Waals surface area (Å²) in [4.78, 5) is 29.6. The summed E-state index contributed by atoms with van der Waals surface area (Å²) in [6.07, 6.45) is 4.01. The van der Waals surface area contributed by atoms with E-state index in [0.717, 1.165) is 17.9 Å². The number of hydrogen-bond acceptors (Lipinski definition) is 3. The summed E-state index contributed by atoms with van der Waals surface area (Å²) in [5.41, 5.74) is 1.05. The molecule has 1 saturated carbocycles. The zero-order chi connectivity index (χ0) is 19.4. The number of carbonyl (C=O) groups excluding carboxylic acids is 2. The Hall–Kier alpha value is -2.04.